The van der Waals surface area contributed by atoms with Crippen LogP contribution in [0.15, 0.2) is 84.8 Å². The number of hydrogen-bond acceptors (Lipinski definition) is 7. The van der Waals surface area contributed by atoms with Crippen LogP contribution in [0.2, 0.25) is 0 Å². The van der Waals surface area contributed by atoms with E-state index in [-0.39, 0.29) is 37.6 Å². The molecule has 3 heterocycles. The molecule has 2 amide bonds. The van der Waals surface area contributed by atoms with E-state index in [0.29, 0.717) is 17.1 Å². The molecule has 2 N–H and O–H groups in total. The van der Waals surface area contributed by atoms with E-state index < -0.39 is 29.6 Å². The molecule has 1 saturated carbocycles. The lowest BCUT2D eigenvalue weighted by Crippen LogP contribution is -2.53. The Balaban J connectivity index is 1.29. The molecule has 1 aliphatic carbocycles. The van der Waals surface area contributed by atoms with Crippen LogP contribution in [-0.2, 0) is 20.8 Å². The molecular weight excluding hydrogens is 540 g/mol. The van der Waals surface area contributed by atoms with Crippen molar-refractivity contribution >= 4 is 40.2 Å². The molecule has 0 spiro atoms. The first-order valence-corrected chi connectivity index (χ1v) is 14.2. The molecule has 2 aromatic heterocycles. The minimum Gasteiger partial charge on any atom is -0.479 e. The molecule has 10 heteroatoms. The summed E-state index contributed by atoms with van der Waals surface area (Å²) in [6.07, 6.45) is 1.53. The maximum absolute atomic E-state index is 13.6. The lowest BCUT2D eigenvalue weighted by atomic mass is 10.1. The number of benzene rings is 2. The van der Waals surface area contributed by atoms with Crippen LogP contribution in [0, 0.1) is 5.92 Å². The highest BCUT2D eigenvalue weighted by Gasteiger charge is 2.61. The number of nitrogens with zero attached hydrogens (tertiary/aromatic N) is 3. The number of ether oxygens (including phenoxy) is 1. The Morgan fingerprint density at radius 1 is 1.07 bits per heavy atom. The van der Waals surface area contributed by atoms with E-state index in [1.807, 2.05) is 72.1 Å². The number of hydrogen-bond donors (Lipinski definition) is 2. The number of amides is 2. The van der Waals surface area contributed by atoms with Gasteiger partial charge in [-0.05, 0) is 35.6 Å². The number of rotatable bonds is 9. The number of carboxylic acid groups (broad SMARTS) is 1. The summed E-state index contributed by atoms with van der Waals surface area (Å²) in [6, 6.07) is 19.8. The Hall–Kier alpha value is -4.57. The molecular formula is C31H28N4O5S. The molecule has 208 valence electrons. The van der Waals surface area contributed by atoms with Crippen molar-refractivity contribution in [3.05, 3.63) is 90.3 Å². The smallest absolute Gasteiger partial charge is 0.330 e. The number of fused-ring (bicyclic) bond motifs is 1. The topological polar surface area (TPSA) is 122 Å². The molecule has 0 unspecified atom stereocenters. The molecule has 9 nitrogen and oxygen atoms in total. The highest BCUT2D eigenvalue weighted by Crippen LogP contribution is 2.45. The van der Waals surface area contributed by atoms with Gasteiger partial charge < -0.3 is 20.1 Å². The summed E-state index contributed by atoms with van der Waals surface area (Å²) in [4.78, 5) is 51.1. The van der Waals surface area contributed by atoms with Crippen molar-refractivity contribution in [2.24, 2.45) is 5.92 Å². The minimum atomic E-state index is -1.40. The normalized spacial score (nSPS) is 23.2. The molecule has 2 aromatic carbocycles. The van der Waals surface area contributed by atoms with Gasteiger partial charge in [0.1, 0.15) is 23.4 Å². The van der Waals surface area contributed by atoms with Crippen molar-refractivity contribution in [2.45, 2.75) is 36.9 Å². The van der Waals surface area contributed by atoms with Crippen LogP contribution in [-0.4, -0.2) is 62.0 Å². The van der Waals surface area contributed by atoms with Crippen LogP contribution >= 0.6 is 11.3 Å². The Kier molecular flexibility index (Phi) is 7.00. The van der Waals surface area contributed by atoms with E-state index in [0.717, 1.165) is 16.0 Å². The molecule has 6 rings (SSSR count). The zero-order chi connectivity index (χ0) is 28.6. The number of likely N-dealkylation sites (tertiary alicyclic amines) is 1. The first-order valence-electron chi connectivity index (χ1n) is 13.4. The SMILES string of the molecule is C=C[C@@H]1C[C@]1(NC(=O)[C@@H]1C[C@@H](Oc2nc3ccccc3nc2-c2cccs2)CN1C(=O)Cc1ccccc1)C(=O)O. The number of carbonyl (C=O) groups is 3. The first-order chi connectivity index (χ1) is 19.9. The molecule has 4 atom stereocenters. The third kappa shape index (κ3) is 5.18. The Bertz CT molecular complexity index is 1630. The largest absolute Gasteiger partial charge is 0.479 e. The maximum atomic E-state index is 13.6. The second kappa shape index (κ2) is 10.8. The van der Waals surface area contributed by atoms with Gasteiger partial charge in [-0.15, -0.1) is 17.9 Å². The van der Waals surface area contributed by atoms with E-state index in [1.165, 1.54) is 22.3 Å². The van der Waals surface area contributed by atoms with Gasteiger partial charge in [0.25, 0.3) is 0 Å². The molecule has 0 bridgehead atoms. The van der Waals surface area contributed by atoms with Crippen LogP contribution in [0.1, 0.15) is 18.4 Å². The predicted molar refractivity (Wildman–Crippen MR) is 154 cm³/mol. The number of nitrogens with one attached hydrogen (secondary N) is 1. The number of aromatic nitrogens is 2. The van der Waals surface area contributed by atoms with Crippen molar-refractivity contribution in [2.75, 3.05) is 6.54 Å². The van der Waals surface area contributed by atoms with Crippen molar-refractivity contribution in [3.8, 4) is 16.5 Å². The van der Waals surface area contributed by atoms with Gasteiger partial charge in [0, 0.05) is 12.3 Å². The van der Waals surface area contributed by atoms with Gasteiger partial charge in [0.2, 0.25) is 17.7 Å². The molecule has 2 aliphatic rings. The van der Waals surface area contributed by atoms with Crippen molar-refractivity contribution in [3.63, 3.8) is 0 Å². The molecule has 41 heavy (non-hydrogen) atoms. The lowest BCUT2D eigenvalue weighted by molar-refractivity contribution is -0.145. The monoisotopic (exact) mass is 568 g/mol. The van der Waals surface area contributed by atoms with Gasteiger partial charge >= 0.3 is 5.97 Å². The van der Waals surface area contributed by atoms with Gasteiger partial charge in [-0.25, -0.2) is 14.8 Å². The molecule has 1 saturated heterocycles. The standard InChI is InChI=1S/C31H28N4O5S/c1-2-20-17-31(20,30(38)39)34-28(37)24-16-21(18-35(24)26(36)15-19-9-4-3-5-10-19)40-29-27(25-13-8-14-41-25)32-22-11-6-7-12-23(22)33-29/h2-14,20-21,24H,1,15-18H2,(H,34,37)(H,38,39)/t20-,21-,24+,31-/m1/s1. The maximum Gasteiger partial charge on any atom is 0.330 e. The van der Waals surface area contributed by atoms with E-state index in [4.69, 9.17) is 14.7 Å². The quantitative estimate of drug-likeness (QED) is 0.292. The van der Waals surface area contributed by atoms with Crippen LogP contribution in [0.4, 0.5) is 0 Å². The third-order valence-electron chi connectivity index (χ3n) is 7.68. The van der Waals surface area contributed by atoms with Gasteiger partial charge in [-0.1, -0.05) is 54.6 Å². The highest BCUT2D eigenvalue weighted by molar-refractivity contribution is 7.13. The van der Waals surface area contributed by atoms with E-state index in [9.17, 15) is 19.5 Å². The lowest BCUT2D eigenvalue weighted by Gasteiger charge is -2.25. The van der Waals surface area contributed by atoms with E-state index >= 15 is 0 Å². The minimum absolute atomic E-state index is 0.104. The number of carbonyl (C=O) groups excluding carboxylic acids is 2. The summed E-state index contributed by atoms with van der Waals surface area (Å²) in [7, 11) is 0. The summed E-state index contributed by atoms with van der Waals surface area (Å²) < 4.78 is 6.41. The summed E-state index contributed by atoms with van der Waals surface area (Å²) >= 11 is 1.51. The summed E-state index contributed by atoms with van der Waals surface area (Å²) in [5, 5.41) is 14.5. The van der Waals surface area contributed by atoms with Gasteiger partial charge in [0.15, 0.2) is 0 Å². The summed E-state index contributed by atoms with van der Waals surface area (Å²) in [5.74, 6) is -1.93. The fourth-order valence-electron chi connectivity index (χ4n) is 5.40. The van der Waals surface area contributed by atoms with Crippen molar-refractivity contribution in [1.29, 1.82) is 0 Å². The van der Waals surface area contributed by atoms with Gasteiger partial charge in [-0.2, -0.15) is 0 Å². The van der Waals surface area contributed by atoms with Crippen molar-refractivity contribution < 1.29 is 24.2 Å². The molecule has 0 radical (unpaired) electrons. The van der Waals surface area contributed by atoms with Crippen molar-refractivity contribution in [1.82, 2.24) is 20.2 Å². The molecule has 4 aromatic rings. The Morgan fingerprint density at radius 3 is 2.46 bits per heavy atom. The van der Waals surface area contributed by atoms with E-state index in [2.05, 4.69) is 11.9 Å². The number of carboxylic acids is 1. The second-order valence-electron chi connectivity index (χ2n) is 10.4. The number of para-hydroxylation sites is 2. The van der Waals surface area contributed by atoms with Crippen LogP contribution in [0.5, 0.6) is 5.88 Å². The first kappa shape index (κ1) is 26.6. The fraction of sp³-hybridized carbons (Fsp3) is 0.258. The average Bonchev–Trinajstić information content (AvgIpc) is 3.29. The number of thiophene rings is 1. The van der Waals surface area contributed by atoms with Gasteiger partial charge in [0.05, 0.1) is 28.9 Å². The second-order valence-corrected chi connectivity index (χ2v) is 11.3. The summed E-state index contributed by atoms with van der Waals surface area (Å²) in [5.41, 5.74) is 1.40. The zero-order valence-corrected chi connectivity index (χ0v) is 22.9. The highest BCUT2D eigenvalue weighted by atomic mass is 32.1. The van der Waals surface area contributed by atoms with Crippen LogP contribution in [0.25, 0.3) is 21.6 Å². The number of aliphatic carboxylic acids is 1. The average molecular weight is 569 g/mol. The Morgan fingerprint density at radius 2 is 1.80 bits per heavy atom. The summed E-state index contributed by atoms with van der Waals surface area (Å²) in [6.45, 7) is 3.84. The fourth-order valence-corrected chi connectivity index (χ4v) is 6.10. The molecule has 1 aliphatic heterocycles. The predicted octanol–water partition coefficient (Wildman–Crippen LogP) is 4.09. The van der Waals surface area contributed by atoms with Crippen LogP contribution < -0.4 is 10.1 Å². The third-order valence-corrected chi connectivity index (χ3v) is 8.56. The molecule has 2 fully saturated rings. The Labute approximate surface area is 240 Å². The van der Waals surface area contributed by atoms with E-state index in [1.54, 1.807) is 0 Å². The zero-order valence-electron chi connectivity index (χ0n) is 22.1. The van der Waals surface area contributed by atoms with Gasteiger partial charge in [-0.3, -0.25) is 9.59 Å². The van der Waals surface area contributed by atoms with Crippen LogP contribution in [0.3, 0.4) is 0 Å².